The SMILES string of the molecule is CSCCCCCCNS(=O)(=O)CCO. The lowest BCUT2D eigenvalue weighted by atomic mass is 10.2. The summed E-state index contributed by atoms with van der Waals surface area (Å²) in [5.74, 6) is 0.982. The van der Waals surface area contributed by atoms with Crippen LogP contribution >= 0.6 is 11.8 Å². The van der Waals surface area contributed by atoms with Crippen molar-refractivity contribution in [1.82, 2.24) is 4.72 Å². The number of sulfonamides is 1. The lowest BCUT2D eigenvalue weighted by Crippen LogP contribution is -2.28. The van der Waals surface area contributed by atoms with Crippen molar-refractivity contribution in [2.24, 2.45) is 0 Å². The normalized spacial score (nSPS) is 11.9. The Morgan fingerprint density at radius 2 is 1.87 bits per heavy atom. The number of aliphatic hydroxyl groups is 1. The van der Waals surface area contributed by atoms with Crippen LogP contribution in [0.15, 0.2) is 0 Å². The highest BCUT2D eigenvalue weighted by atomic mass is 32.2. The van der Waals surface area contributed by atoms with Gasteiger partial charge in [-0.15, -0.1) is 0 Å². The molecular weight excluding hydrogens is 234 g/mol. The van der Waals surface area contributed by atoms with Crippen molar-refractivity contribution in [1.29, 1.82) is 0 Å². The van der Waals surface area contributed by atoms with Crippen LogP contribution < -0.4 is 4.72 Å². The van der Waals surface area contributed by atoms with Crippen LogP contribution in [0.3, 0.4) is 0 Å². The first-order chi connectivity index (χ1) is 7.12. The maximum absolute atomic E-state index is 11.1. The van der Waals surface area contributed by atoms with Gasteiger partial charge < -0.3 is 5.11 Å². The fraction of sp³-hybridized carbons (Fsp3) is 1.00. The maximum Gasteiger partial charge on any atom is 0.213 e. The summed E-state index contributed by atoms with van der Waals surface area (Å²) >= 11 is 1.84. The standard InChI is InChI=1S/C9H21NO3S2/c1-14-8-5-3-2-4-6-10-15(12,13)9-7-11/h10-11H,2-9H2,1H3. The van der Waals surface area contributed by atoms with Crippen molar-refractivity contribution in [2.75, 3.05) is 30.9 Å². The number of unbranched alkanes of at least 4 members (excludes halogenated alkanes) is 3. The smallest absolute Gasteiger partial charge is 0.213 e. The zero-order valence-corrected chi connectivity index (χ0v) is 10.9. The predicted octanol–water partition coefficient (Wildman–Crippen LogP) is 0.821. The molecule has 0 aromatic heterocycles. The van der Waals surface area contributed by atoms with Crippen molar-refractivity contribution < 1.29 is 13.5 Å². The van der Waals surface area contributed by atoms with Gasteiger partial charge in [0, 0.05) is 6.54 Å². The molecule has 0 bridgehead atoms. The lowest BCUT2D eigenvalue weighted by molar-refractivity contribution is 0.319. The van der Waals surface area contributed by atoms with Gasteiger partial charge in [-0.05, 0) is 24.9 Å². The van der Waals surface area contributed by atoms with E-state index >= 15 is 0 Å². The van der Waals surface area contributed by atoms with Gasteiger partial charge in [0.05, 0.1) is 12.4 Å². The molecule has 0 aromatic rings. The van der Waals surface area contributed by atoms with Gasteiger partial charge in [0.25, 0.3) is 0 Å². The van der Waals surface area contributed by atoms with E-state index in [4.69, 9.17) is 5.11 Å². The summed E-state index contributed by atoms with van der Waals surface area (Å²) in [6.07, 6.45) is 6.37. The number of hydrogen-bond donors (Lipinski definition) is 2. The van der Waals surface area contributed by atoms with E-state index in [-0.39, 0.29) is 12.4 Å². The summed E-state index contributed by atoms with van der Waals surface area (Å²) in [6.45, 7) is 0.171. The molecule has 0 atom stereocenters. The quantitative estimate of drug-likeness (QED) is 0.567. The second kappa shape index (κ2) is 9.45. The first-order valence-electron chi connectivity index (χ1n) is 5.19. The Morgan fingerprint density at radius 1 is 1.20 bits per heavy atom. The van der Waals surface area contributed by atoms with Crippen LogP contribution in [0.4, 0.5) is 0 Å². The van der Waals surface area contributed by atoms with Gasteiger partial charge in [-0.1, -0.05) is 12.8 Å². The molecule has 0 spiro atoms. The van der Waals surface area contributed by atoms with Crippen molar-refractivity contribution in [2.45, 2.75) is 25.7 Å². The van der Waals surface area contributed by atoms with Crippen LogP contribution in [0.25, 0.3) is 0 Å². The first-order valence-corrected chi connectivity index (χ1v) is 8.24. The molecule has 0 aromatic carbocycles. The van der Waals surface area contributed by atoms with E-state index < -0.39 is 10.0 Å². The van der Waals surface area contributed by atoms with E-state index in [0.717, 1.165) is 19.3 Å². The highest BCUT2D eigenvalue weighted by Gasteiger charge is 2.06. The zero-order chi connectivity index (χ0) is 11.6. The molecule has 0 fully saturated rings. The summed E-state index contributed by atoms with van der Waals surface area (Å²) in [5.41, 5.74) is 0. The van der Waals surface area contributed by atoms with Crippen molar-refractivity contribution in [3.63, 3.8) is 0 Å². The molecule has 0 amide bonds. The minimum Gasteiger partial charge on any atom is -0.395 e. The van der Waals surface area contributed by atoms with Crippen LogP contribution in [0.2, 0.25) is 0 Å². The monoisotopic (exact) mass is 255 g/mol. The Balaban J connectivity index is 3.31. The number of aliphatic hydroxyl groups excluding tert-OH is 1. The van der Waals surface area contributed by atoms with E-state index in [1.165, 1.54) is 12.2 Å². The molecule has 4 nitrogen and oxygen atoms in total. The molecule has 0 aliphatic rings. The predicted molar refractivity (Wildman–Crippen MR) is 65.7 cm³/mol. The molecule has 0 saturated carbocycles. The minimum atomic E-state index is -3.23. The van der Waals surface area contributed by atoms with Crippen LogP contribution in [0, 0.1) is 0 Å². The molecule has 0 aliphatic carbocycles. The second-order valence-electron chi connectivity index (χ2n) is 3.34. The molecule has 0 rings (SSSR count). The van der Waals surface area contributed by atoms with Gasteiger partial charge in [-0.25, -0.2) is 13.1 Å². The zero-order valence-electron chi connectivity index (χ0n) is 9.24. The molecular formula is C9H21NO3S2. The molecule has 6 heteroatoms. The molecule has 0 saturated heterocycles. The van der Waals surface area contributed by atoms with Gasteiger partial charge in [0.15, 0.2) is 0 Å². The van der Waals surface area contributed by atoms with E-state index in [0.29, 0.717) is 6.54 Å². The molecule has 15 heavy (non-hydrogen) atoms. The average molecular weight is 255 g/mol. The summed E-state index contributed by atoms with van der Waals surface area (Å²) in [7, 11) is -3.23. The first kappa shape index (κ1) is 15.2. The third-order valence-electron chi connectivity index (χ3n) is 1.96. The fourth-order valence-corrected chi connectivity index (χ4v) is 2.48. The average Bonchev–Trinajstić information content (AvgIpc) is 2.16. The third kappa shape index (κ3) is 10.5. The molecule has 0 unspecified atom stereocenters. The van der Waals surface area contributed by atoms with Gasteiger partial charge in [0.2, 0.25) is 10.0 Å². The highest BCUT2D eigenvalue weighted by Crippen LogP contribution is 2.04. The third-order valence-corrected chi connectivity index (χ3v) is 4.02. The fourth-order valence-electron chi connectivity index (χ4n) is 1.14. The van der Waals surface area contributed by atoms with Crippen molar-refractivity contribution >= 4 is 21.8 Å². The number of rotatable bonds is 10. The van der Waals surface area contributed by atoms with Gasteiger partial charge in [0.1, 0.15) is 0 Å². The summed E-state index contributed by atoms with van der Waals surface area (Å²) in [4.78, 5) is 0. The Kier molecular flexibility index (Phi) is 9.58. The molecule has 0 radical (unpaired) electrons. The molecule has 2 N–H and O–H groups in total. The van der Waals surface area contributed by atoms with Crippen LogP contribution in [0.1, 0.15) is 25.7 Å². The van der Waals surface area contributed by atoms with Crippen molar-refractivity contribution in [3.8, 4) is 0 Å². The molecule has 0 aliphatic heterocycles. The van der Waals surface area contributed by atoms with E-state index in [2.05, 4.69) is 11.0 Å². The van der Waals surface area contributed by atoms with E-state index in [1.807, 2.05) is 11.8 Å². The van der Waals surface area contributed by atoms with E-state index in [1.54, 1.807) is 0 Å². The minimum absolute atomic E-state index is 0.195. The van der Waals surface area contributed by atoms with Crippen LogP contribution in [-0.4, -0.2) is 44.4 Å². The van der Waals surface area contributed by atoms with Gasteiger partial charge in [-0.2, -0.15) is 11.8 Å². The highest BCUT2D eigenvalue weighted by molar-refractivity contribution is 7.98. The van der Waals surface area contributed by atoms with Crippen LogP contribution in [-0.2, 0) is 10.0 Å². The van der Waals surface area contributed by atoms with Crippen LogP contribution in [0.5, 0.6) is 0 Å². The number of thioether (sulfide) groups is 1. The Bertz CT molecular complexity index is 230. The number of hydrogen-bond acceptors (Lipinski definition) is 4. The topological polar surface area (TPSA) is 66.4 Å². The van der Waals surface area contributed by atoms with Crippen molar-refractivity contribution in [3.05, 3.63) is 0 Å². The van der Waals surface area contributed by atoms with Gasteiger partial charge in [-0.3, -0.25) is 0 Å². The lowest BCUT2D eigenvalue weighted by Gasteiger charge is -2.04. The number of nitrogens with one attached hydrogen (secondary N) is 1. The van der Waals surface area contributed by atoms with Gasteiger partial charge >= 0.3 is 0 Å². The van der Waals surface area contributed by atoms with E-state index in [9.17, 15) is 8.42 Å². The largest absolute Gasteiger partial charge is 0.395 e. The Morgan fingerprint density at radius 3 is 2.47 bits per heavy atom. The summed E-state index contributed by atoms with van der Waals surface area (Å²) in [5, 5.41) is 8.48. The molecule has 92 valence electrons. The summed E-state index contributed by atoms with van der Waals surface area (Å²) < 4.78 is 24.6. The second-order valence-corrected chi connectivity index (χ2v) is 6.26. The summed E-state index contributed by atoms with van der Waals surface area (Å²) in [6, 6.07) is 0. The molecule has 0 heterocycles. The Labute approximate surface area is 96.9 Å². The maximum atomic E-state index is 11.1. The Hall–Kier alpha value is 0.220.